The highest BCUT2D eigenvalue weighted by Gasteiger charge is 2.11. The molecular weight excluding hydrogens is 310 g/mol. The van der Waals surface area contributed by atoms with Crippen molar-refractivity contribution in [2.45, 2.75) is 19.9 Å². The van der Waals surface area contributed by atoms with E-state index in [1.54, 1.807) is 12.3 Å². The first-order chi connectivity index (χ1) is 12.1. The zero-order valence-corrected chi connectivity index (χ0v) is 14.2. The Kier molecular flexibility index (Phi) is 3.73. The summed E-state index contributed by atoms with van der Waals surface area (Å²) in [5.41, 5.74) is 2.51. The SMILES string of the molecule is CC(C)Nc1ncc2cc(-c3cccc4ccccc34)c(O)cc2n1. The molecule has 2 N–H and O–H groups in total. The van der Waals surface area contributed by atoms with Gasteiger partial charge in [0, 0.05) is 29.3 Å². The van der Waals surface area contributed by atoms with Gasteiger partial charge < -0.3 is 10.4 Å². The summed E-state index contributed by atoms with van der Waals surface area (Å²) in [6, 6.07) is 18.2. The van der Waals surface area contributed by atoms with Crippen LogP contribution in [0.1, 0.15) is 13.8 Å². The van der Waals surface area contributed by atoms with Gasteiger partial charge in [0.1, 0.15) is 5.75 Å². The molecule has 0 aliphatic heterocycles. The van der Waals surface area contributed by atoms with Crippen molar-refractivity contribution in [1.82, 2.24) is 9.97 Å². The van der Waals surface area contributed by atoms with Gasteiger partial charge in [-0.25, -0.2) is 9.97 Å². The van der Waals surface area contributed by atoms with Crippen molar-refractivity contribution in [3.8, 4) is 16.9 Å². The minimum absolute atomic E-state index is 0.220. The van der Waals surface area contributed by atoms with Crippen molar-refractivity contribution in [3.05, 3.63) is 60.8 Å². The molecule has 3 aromatic carbocycles. The lowest BCUT2D eigenvalue weighted by molar-refractivity contribution is 0.478. The van der Waals surface area contributed by atoms with Crippen molar-refractivity contribution in [1.29, 1.82) is 0 Å². The molecule has 0 aliphatic rings. The van der Waals surface area contributed by atoms with E-state index in [1.165, 1.54) is 0 Å². The van der Waals surface area contributed by atoms with E-state index in [4.69, 9.17) is 0 Å². The Morgan fingerprint density at radius 3 is 2.56 bits per heavy atom. The molecule has 4 aromatic rings. The first-order valence-electron chi connectivity index (χ1n) is 8.36. The van der Waals surface area contributed by atoms with Gasteiger partial charge in [-0.1, -0.05) is 42.5 Å². The van der Waals surface area contributed by atoms with E-state index in [2.05, 4.69) is 33.5 Å². The number of phenolic OH excluding ortho intramolecular Hbond substituents is 1. The fourth-order valence-electron chi connectivity index (χ4n) is 3.07. The standard InChI is InChI=1S/C21H19N3O/c1-13(2)23-21-22-12-15-10-18(20(25)11-19(15)24-21)17-9-5-7-14-6-3-4-8-16(14)17/h3-13,25H,1-2H3,(H,22,23,24). The number of benzene rings is 3. The maximum absolute atomic E-state index is 10.6. The highest BCUT2D eigenvalue weighted by atomic mass is 16.3. The minimum Gasteiger partial charge on any atom is -0.507 e. The largest absolute Gasteiger partial charge is 0.507 e. The smallest absolute Gasteiger partial charge is 0.223 e. The van der Waals surface area contributed by atoms with Crippen LogP contribution in [-0.4, -0.2) is 21.1 Å². The third-order valence-electron chi connectivity index (χ3n) is 4.19. The number of nitrogens with one attached hydrogen (secondary N) is 1. The molecule has 0 saturated heterocycles. The molecule has 0 bridgehead atoms. The van der Waals surface area contributed by atoms with Crippen molar-refractivity contribution in [3.63, 3.8) is 0 Å². The van der Waals surface area contributed by atoms with Gasteiger partial charge in [-0.15, -0.1) is 0 Å². The normalized spacial score (nSPS) is 11.3. The summed E-state index contributed by atoms with van der Waals surface area (Å²) >= 11 is 0. The van der Waals surface area contributed by atoms with E-state index in [9.17, 15) is 5.11 Å². The van der Waals surface area contributed by atoms with Crippen molar-refractivity contribution in [2.24, 2.45) is 0 Å². The molecule has 124 valence electrons. The maximum atomic E-state index is 10.6. The number of fused-ring (bicyclic) bond motifs is 2. The zero-order valence-electron chi connectivity index (χ0n) is 14.2. The molecule has 0 atom stereocenters. The second-order valence-electron chi connectivity index (χ2n) is 6.45. The number of aromatic hydroxyl groups is 1. The van der Waals surface area contributed by atoms with Crippen LogP contribution in [-0.2, 0) is 0 Å². The van der Waals surface area contributed by atoms with Gasteiger partial charge in [0.05, 0.1) is 5.52 Å². The Hall–Kier alpha value is -3.14. The second kappa shape index (κ2) is 6.06. The van der Waals surface area contributed by atoms with E-state index in [-0.39, 0.29) is 11.8 Å². The first-order valence-corrected chi connectivity index (χ1v) is 8.36. The highest BCUT2D eigenvalue weighted by Crippen LogP contribution is 2.36. The van der Waals surface area contributed by atoms with Gasteiger partial charge in [-0.05, 0) is 36.2 Å². The summed E-state index contributed by atoms with van der Waals surface area (Å²) in [5.74, 6) is 0.790. The average Bonchev–Trinajstić information content (AvgIpc) is 2.60. The summed E-state index contributed by atoms with van der Waals surface area (Å²) in [4.78, 5) is 8.86. The van der Waals surface area contributed by atoms with Crippen LogP contribution in [0.4, 0.5) is 5.95 Å². The third-order valence-corrected chi connectivity index (χ3v) is 4.19. The Morgan fingerprint density at radius 1 is 0.920 bits per heavy atom. The number of hydrogen-bond donors (Lipinski definition) is 2. The van der Waals surface area contributed by atoms with Crippen molar-refractivity contribution in [2.75, 3.05) is 5.32 Å². The van der Waals surface area contributed by atoms with E-state index in [0.29, 0.717) is 5.95 Å². The maximum Gasteiger partial charge on any atom is 0.223 e. The Morgan fingerprint density at radius 2 is 1.72 bits per heavy atom. The van der Waals surface area contributed by atoms with E-state index in [1.807, 2.05) is 44.2 Å². The summed E-state index contributed by atoms with van der Waals surface area (Å²) in [6.07, 6.45) is 1.79. The zero-order chi connectivity index (χ0) is 17.4. The van der Waals surface area contributed by atoms with Gasteiger partial charge in [-0.2, -0.15) is 0 Å². The van der Waals surface area contributed by atoms with E-state index < -0.39 is 0 Å². The Labute approximate surface area is 146 Å². The molecule has 0 aliphatic carbocycles. The van der Waals surface area contributed by atoms with Crippen molar-refractivity contribution < 1.29 is 5.11 Å². The van der Waals surface area contributed by atoms with Crippen LogP contribution < -0.4 is 5.32 Å². The number of hydrogen-bond acceptors (Lipinski definition) is 4. The number of nitrogens with zero attached hydrogens (tertiary/aromatic N) is 2. The van der Waals surface area contributed by atoms with Gasteiger partial charge in [0.2, 0.25) is 5.95 Å². The van der Waals surface area contributed by atoms with Crippen LogP contribution in [0.25, 0.3) is 32.8 Å². The molecule has 1 heterocycles. The molecule has 0 spiro atoms. The lowest BCUT2D eigenvalue weighted by Crippen LogP contribution is -2.12. The second-order valence-corrected chi connectivity index (χ2v) is 6.45. The predicted molar refractivity (Wildman–Crippen MR) is 103 cm³/mol. The van der Waals surface area contributed by atoms with Crippen LogP contribution >= 0.6 is 0 Å². The van der Waals surface area contributed by atoms with Gasteiger partial charge in [-0.3, -0.25) is 0 Å². The van der Waals surface area contributed by atoms with E-state index >= 15 is 0 Å². The van der Waals surface area contributed by atoms with E-state index in [0.717, 1.165) is 32.8 Å². The summed E-state index contributed by atoms with van der Waals surface area (Å²) < 4.78 is 0. The number of aromatic nitrogens is 2. The quantitative estimate of drug-likeness (QED) is 0.557. The van der Waals surface area contributed by atoms with Gasteiger partial charge in [0.25, 0.3) is 0 Å². The topological polar surface area (TPSA) is 58.0 Å². The molecule has 4 heteroatoms. The molecule has 4 nitrogen and oxygen atoms in total. The first kappa shape index (κ1) is 15.4. The van der Waals surface area contributed by atoms with Crippen molar-refractivity contribution >= 4 is 27.6 Å². The highest BCUT2D eigenvalue weighted by molar-refractivity contribution is 6.00. The number of rotatable bonds is 3. The molecular formula is C21H19N3O. The molecule has 25 heavy (non-hydrogen) atoms. The molecule has 1 aromatic heterocycles. The lowest BCUT2D eigenvalue weighted by atomic mass is 9.96. The molecule has 0 amide bonds. The Bertz CT molecular complexity index is 1070. The van der Waals surface area contributed by atoms with Crippen LogP contribution in [0.2, 0.25) is 0 Å². The molecule has 4 rings (SSSR count). The molecule has 0 unspecified atom stereocenters. The number of phenols is 1. The third kappa shape index (κ3) is 2.87. The Balaban J connectivity index is 1.89. The molecule has 0 radical (unpaired) electrons. The average molecular weight is 329 g/mol. The minimum atomic E-state index is 0.220. The number of anilines is 1. The van der Waals surface area contributed by atoms with Gasteiger partial charge >= 0.3 is 0 Å². The van der Waals surface area contributed by atoms with Crippen LogP contribution in [0.5, 0.6) is 5.75 Å². The van der Waals surface area contributed by atoms with Crippen LogP contribution in [0.3, 0.4) is 0 Å². The van der Waals surface area contributed by atoms with Gasteiger partial charge in [0.15, 0.2) is 0 Å². The monoisotopic (exact) mass is 329 g/mol. The van der Waals surface area contributed by atoms with Crippen LogP contribution in [0, 0.1) is 0 Å². The summed E-state index contributed by atoms with van der Waals surface area (Å²) in [5, 5.41) is 17.0. The molecule has 0 fully saturated rings. The lowest BCUT2D eigenvalue weighted by Gasteiger charge is -2.12. The van der Waals surface area contributed by atoms with Crippen LogP contribution in [0.15, 0.2) is 60.8 Å². The molecule has 0 saturated carbocycles. The summed E-state index contributed by atoms with van der Waals surface area (Å²) in [7, 11) is 0. The fraction of sp³-hybridized carbons (Fsp3) is 0.143. The summed E-state index contributed by atoms with van der Waals surface area (Å²) in [6.45, 7) is 4.07. The predicted octanol–water partition coefficient (Wildman–Crippen LogP) is 4.98. The fourth-order valence-corrected chi connectivity index (χ4v) is 3.07.